The Labute approximate surface area is 65.0 Å². The number of nitrogens with zero attached hydrogens (tertiary/aromatic N) is 2. The fourth-order valence-corrected chi connectivity index (χ4v) is 1.48. The summed E-state index contributed by atoms with van der Waals surface area (Å²) in [6, 6.07) is 0.275. The number of rotatable bonds is 1. The molecule has 1 aliphatic rings. The zero-order chi connectivity index (χ0) is 7.68. The maximum atomic E-state index is 4.96. The van der Waals surface area contributed by atoms with Gasteiger partial charge in [0, 0.05) is 0 Å². The maximum absolute atomic E-state index is 4.96. The van der Waals surface area contributed by atoms with Crippen LogP contribution in [0.2, 0.25) is 0 Å². The minimum atomic E-state index is 0.275. The Balaban J connectivity index is 2.16. The molecule has 11 heavy (non-hydrogen) atoms. The molecule has 0 amide bonds. The van der Waals surface area contributed by atoms with Crippen LogP contribution in [0, 0.1) is 5.92 Å². The minimum absolute atomic E-state index is 0.275. The third kappa shape index (κ3) is 1.14. The lowest BCUT2D eigenvalue weighted by Gasteiger charge is -2.08. The van der Waals surface area contributed by atoms with Crippen molar-refractivity contribution in [2.75, 3.05) is 6.54 Å². The lowest BCUT2D eigenvalue weighted by Crippen LogP contribution is -2.16. The Morgan fingerprint density at radius 3 is 3.18 bits per heavy atom. The van der Waals surface area contributed by atoms with Crippen molar-refractivity contribution in [3.63, 3.8) is 0 Å². The highest BCUT2D eigenvalue weighted by Crippen LogP contribution is 2.26. The quantitative estimate of drug-likeness (QED) is 0.646. The molecule has 1 N–H and O–H groups in total. The van der Waals surface area contributed by atoms with Crippen molar-refractivity contribution in [1.29, 1.82) is 0 Å². The van der Waals surface area contributed by atoms with Gasteiger partial charge in [0.05, 0.1) is 6.04 Å². The van der Waals surface area contributed by atoms with Crippen molar-refractivity contribution < 1.29 is 4.52 Å². The van der Waals surface area contributed by atoms with Crippen molar-refractivity contribution in [3.05, 3.63) is 12.2 Å². The normalized spacial score (nSPS) is 31.0. The molecule has 0 saturated carbocycles. The third-order valence-corrected chi connectivity index (χ3v) is 2.18. The van der Waals surface area contributed by atoms with Crippen LogP contribution in [0.1, 0.15) is 25.3 Å². The molecule has 60 valence electrons. The lowest BCUT2D eigenvalue weighted by molar-refractivity contribution is 0.318. The van der Waals surface area contributed by atoms with Crippen LogP contribution in [0.3, 0.4) is 0 Å². The summed E-state index contributed by atoms with van der Waals surface area (Å²) in [4.78, 5) is 4.01. The largest absolute Gasteiger partial charge is 0.338 e. The van der Waals surface area contributed by atoms with Gasteiger partial charge in [-0.25, -0.2) is 0 Å². The molecule has 2 rings (SSSR count). The molecular weight excluding hydrogens is 142 g/mol. The van der Waals surface area contributed by atoms with Gasteiger partial charge < -0.3 is 9.84 Å². The fourth-order valence-electron chi connectivity index (χ4n) is 1.48. The first-order valence-corrected chi connectivity index (χ1v) is 3.88. The van der Waals surface area contributed by atoms with Crippen LogP contribution >= 0.6 is 0 Å². The summed E-state index contributed by atoms with van der Waals surface area (Å²) in [5.74, 6) is 1.32. The molecule has 4 nitrogen and oxygen atoms in total. The van der Waals surface area contributed by atoms with Crippen LogP contribution < -0.4 is 5.32 Å². The standard InChI is InChI=1S/C7H11N3O/c1-5-2-3-8-6(5)7-9-4-10-11-7/h4-6,8H,2-3H2,1H3. The molecule has 1 saturated heterocycles. The van der Waals surface area contributed by atoms with Crippen LogP contribution in [-0.4, -0.2) is 16.7 Å². The topological polar surface area (TPSA) is 51.0 Å². The molecule has 0 spiro atoms. The van der Waals surface area contributed by atoms with Crippen LogP contribution in [0.4, 0.5) is 0 Å². The smallest absolute Gasteiger partial charge is 0.243 e. The summed E-state index contributed by atoms with van der Waals surface area (Å²) < 4.78 is 4.96. The molecule has 4 heteroatoms. The fraction of sp³-hybridized carbons (Fsp3) is 0.714. The van der Waals surface area contributed by atoms with Gasteiger partial charge in [0.25, 0.3) is 0 Å². The van der Waals surface area contributed by atoms with Gasteiger partial charge in [-0.1, -0.05) is 12.1 Å². The summed E-state index contributed by atoms with van der Waals surface area (Å²) in [5.41, 5.74) is 0. The van der Waals surface area contributed by atoms with Crippen molar-refractivity contribution in [1.82, 2.24) is 15.5 Å². The molecule has 1 aromatic heterocycles. The highest BCUT2D eigenvalue weighted by molar-refractivity contribution is 4.93. The van der Waals surface area contributed by atoms with E-state index >= 15 is 0 Å². The predicted molar refractivity (Wildman–Crippen MR) is 38.8 cm³/mol. The molecule has 1 fully saturated rings. The van der Waals surface area contributed by atoms with Crippen molar-refractivity contribution >= 4 is 0 Å². The van der Waals surface area contributed by atoms with E-state index in [1.54, 1.807) is 0 Å². The zero-order valence-electron chi connectivity index (χ0n) is 6.45. The van der Waals surface area contributed by atoms with Gasteiger partial charge in [-0.15, -0.1) is 0 Å². The van der Waals surface area contributed by atoms with Gasteiger partial charge in [-0.3, -0.25) is 0 Å². The number of hydrogen-bond acceptors (Lipinski definition) is 4. The molecule has 0 aliphatic carbocycles. The first-order valence-electron chi connectivity index (χ1n) is 3.88. The summed E-state index contributed by atoms with van der Waals surface area (Å²) in [7, 11) is 0. The molecular formula is C7H11N3O. The van der Waals surface area contributed by atoms with E-state index in [1.165, 1.54) is 12.7 Å². The monoisotopic (exact) mass is 153 g/mol. The van der Waals surface area contributed by atoms with Gasteiger partial charge >= 0.3 is 0 Å². The molecule has 1 aromatic rings. The Morgan fingerprint density at radius 2 is 2.64 bits per heavy atom. The van der Waals surface area contributed by atoms with E-state index in [1.807, 2.05) is 0 Å². The van der Waals surface area contributed by atoms with E-state index in [2.05, 4.69) is 22.4 Å². The third-order valence-electron chi connectivity index (χ3n) is 2.18. The maximum Gasteiger partial charge on any atom is 0.243 e. The van der Waals surface area contributed by atoms with Gasteiger partial charge in [0.1, 0.15) is 0 Å². The highest BCUT2D eigenvalue weighted by Gasteiger charge is 2.27. The second-order valence-corrected chi connectivity index (χ2v) is 2.98. The van der Waals surface area contributed by atoms with Crippen LogP contribution in [0.25, 0.3) is 0 Å². The number of nitrogens with one attached hydrogen (secondary N) is 1. The summed E-state index contributed by atoms with van der Waals surface area (Å²) in [6.45, 7) is 3.24. The molecule has 2 atom stereocenters. The summed E-state index contributed by atoms with van der Waals surface area (Å²) >= 11 is 0. The first-order chi connectivity index (χ1) is 5.38. The molecule has 0 aromatic carbocycles. The SMILES string of the molecule is CC1CCNC1c1ncno1. The Bertz CT molecular complexity index is 222. The second-order valence-electron chi connectivity index (χ2n) is 2.98. The van der Waals surface area contributed by atoms with Gasteiger partial charge in [-0.05, 0) is 18.9 Å². The van der Waals surface area contributed by atoms with Gasteiger partial charge in [0.2, 0.25) is 5.89 Å². The Hall–Kier alpha value is -0.900. The second kappa shape index (κ2) is 2.62. The number of hydrogen-bond donors (Lipinski definition) is 1. The van der Waals surface area contributed by atoms with Crippen molar-refractivity contribution in [2.45, 2.75) is 19.4 Å². The van der Waals surface area contributed by atoms with E-state index in [0.717, 1.165) is 12.4 Å². The first kappa shape index (κ1) is 6.79. The molecule has 0 radical (unpaired) electrons. The molecule has 2 heterocycles. The number of aromatic nitrogens is 2. The highest BCUT2D eigenvalue weighted by atomic mass is 16.5. The average molecular weight is 153 g/mol. The predicted octanol–water partition coefficient (Wildman–Crippen LogP) is 0.740. The molecule has 1 aliphatic heterocycles. The molecule has 2 unspecified atom stereocenters. The van der Waals surface area contributed by atoms with Crippen LogP contribution in [0.5, 0.6) is 0 Å². The molecule has 0 bridgehead atoms. The minimum Gasteiger partial charge on any atom is -0.338 e. The van der Waals surface area contributed by atoms with Gasteiger partial charge in [0.15, 0.2) is 6.33 Å². The van der Waals surface area contributed by atoms with E-state index in [-0.39, 0.29) is 6.04 Å². The Kier molecular flexibility index (Phi) is 1.62. The van der Waals surface area contributed by atoms with Gasteiger partial charge in [-0.2, -0.15) is 4.98 Å². The summed E-state index contributed by atoms with van der Waals surface area (Å²) in [5, 5.41) is 6.89. The van der Waals surface area contributed by atoms with Crippen LogP contribution in [-0.2, 0) is 0 Å². The average Bonchev–Trinajstić information content (AvgIpc) is 2.55. The van der Waals surface area contributed by atoms with E-state index in [0.29, 0.717) is 5.92 Å². The van der Waals surface area contributed by atoms with E-state index in [9.17, 15) is 0 Å². The van der Waals surface area contributed by atoms with Crippen molar-refractivity contribution in [3.8, 4) is 0 Å². The van der Waals surface area contributed by atoms with Crippen molar-refractivity contribution in [2.24, 2.45) is 5.92 Å². The zero-order valence-corrected chi connectivity index (χ0v) is 6.45. The van der Waals surface area contributed by atoms with E-state index < -0.39 is 0 Å². The van der Waals surface area contributed by atoms with E-state index in [4.69, 9.17) is 4.52 Å². The Morgan fingerprint density at radius 1 is 1.73 bits per heavy atom. The summed E-state index contributed by atoms with van der Waals surface area (Å²) in [6.07, 6.45) is 2.63. The lowest BCUT2D eigenvalue weighted by atomic mass is 10.0. The van der Waals surface area contributed by atoms with Crippen LogP contribution in [0.15, 0.2) is 10.9 Å².